The van der Waals surface area contributed by atoms with Gasteiger partial charge in [-0.1, -0.05) is 0 Å². The fourth-order valence-corrected chi connectivity index (χ4v) is 1.62. The van der Waals surface area contributed by atoms with E-state index < -0.39 is 0 Å². The minimum absolute atomic E-state index is 0.0491. The van der Waals surface area contributed by atoms with E-state index in [0.717, 1.165) is 39.6 Å². The van der Waals surface area contributed by atoms with Crippen molar-refractivity contribution in [3.05, 3.63) is 0 Å². The van der Waals surface area contributed by atoms with E-state index in [1.165, 1.54) is 0 Å². The van der Waals surface area contributed by atoms with Gasteiger partial charge in [0.15, 0.2) is 0 Å². The van der Waals surface area contributed by atoms with Crippen LogP contribution in [0.4, 0.5) is 0 Å². The quantitative estimate of drug-likeness (QED) is 0.771. The third-order valence-corrected chi connectivity index (χ3v) is 2.83. The molecule has 1 aliphatic rings. The largest absolute Gasteiger partial charge is 0.360 e. The summed E-state index contributed by atoms with van der Waals surface area (Å²) in [7, 11) is 0. The first-order valence-electron chi connectivity index (χ1n) is 6.88. The molecule has 1 saturated heterocycles. The van der Waals surface area contributed by atoms with Crippen LogP contribution in [0.5, 0.6) is 0 Å². The highest BCUT2D eigenvalue weighted by Crippen LogP contribution is 2.11. The van der Waals surface area contributed by atoms with Crippen molar-refractivity contribution in [2.75, 3.05) is 39.6 Å². The Bertz CT molecular complexity index is 209. The van der Waals surface area contributed by atoms with Crippen LogP contribution in [0, 0.1) is 0 Å². The van der Waals surface area contributed by atoms with Crippen LogP contribution in [0.3, 0.4) is 0 Å². The fraction of sp³-hybridized carbons (Fsp3) is 1.00. The summed E-state index contributed by atoms with van der Waals surface area (Å²) in [5.74, 6) is 0. The molecular weight excluding hydrogens is 228 g/mol. The number of ether oxygens (including phenoxy) is 2. The van der Waals surface area contributed by atoms with E-state index >= 15 is 0 Å². The van der Waals surface area contributed by atoms with E-state index in [2.05, 4.69) is 51.3 Å². The maximum absolute atomic E-state index is 5.79. The lowest BCUT2D eigenvalue weighted by atomic mass is 10.2. The number of nitrogens with zero attached hydrogens (tertiary/aromatic N) is 2. The molecular formula is C14H30N2O2. The molecule has 0 unspecified atom stereocenters. The first-order chi connectivity index (χ1) is 8.16. The van der Waals surface area contributed by atoms with Crippen LogP contribution in [0.2, 0.25) is 0 Å². The highest BCUT2D eigenvalue weighted by atomic mass is 16.5. The Morgan fingerprint density at radius 3 is 1.17 bits per heavy atom. The minimum Gasteiger partial charge on any atom is -0.360 e. The van der Waals surface area contributed by atoms with Gasteiger partial charge in [-0.3, -0.25) is 9.80 Å². The van der Waals surface area contributed by atoms with Crippen LogP contribution in [0.25, 0.3) is 0 Å². The molecule has 0 aliphatic carbocycles. The van der Waals surface area contributed by atoms with Crippen LogP contribution in [0.15, 0.2) is 0 Å². The maximum Gasteiger partial charge on any atom is 0.0998 e. The second kappa shape index (κ2) is 6.33. The summed E-state index contributed by atoms with van der Waals surface area (Å²) in [5.41, 5.74) is -0.0983. The molecule has 1 rings (SSSR count). The van der Waals surface area contributed by atoms with Crippen LogP contribution in [-0.2, 0) is 9.47 Å². The minimum atomic E-state index is -0.0491. The molecule has 1 heterocycles. The third-order valence-electron chi connectivity index (χ3n) is 2.83. The molecule has 18 heavy (non-hydrogen) atoms. The average molecular weight is 258 g/mol. The van der Waals surface area contributed by atoms with Gasteiger partial charge in [0.05, 0.1) is 24.7 Å². The predicted octanol–water partition coefficient (Wildman–Crippen LogP) is 2.15. The van der Waals surface area contributed by atoms with Gasteiger partial charge in [0.25, 0.3) is 0 Å². The molecule has 1 fully saturated rings. The highest BCUT2D eigenvalue weighted by molar-refractivity contribution is 4.70. The number of piperazine rings is 1. The SMILES string of the molecule is CC(C)(C)OCN1CCN(COC(C)(C)C)CC1. The number of hydrogen-bond acceptors (Lipinski definition) is 4. The summed E-state index contributed by atoms with van der Waals surface area (Å²) < 4.78 is 11.6. The molecule has 0 N–H and O–H groups in total. The molecule has 4 heteroatoms. The van der Waals surface area contributed by atoms with Gasteiger partial charge in [-0.25, -0.2) is 0 Å². The molecule has 0 aromatic carbocycles. The van der Waals surface area contributed by atoms with Gasteiger partial charge in [-0.15, -0.1) is 0 Å². The molecule has 0 saturated carbocycles. The molecule has 0 atom stereocenters. The lowest BCUT2D eigenvalue weighted by molar-refractivity contribution is -0.1000. The zero-order chi connectivity index (χ0) is 13.8. The lowest BCUT2D eigenvalue weighted by Gasteiger charge is -2.36. The van der Waals surface area contributed by atoms with Crippen LogP contribution in [0.1, 0.15) is 41.5 Å². The number of rotatable bonds is 4. The van der Waals surface area contributed by atoms with Gasteiger partial charge in [-0.05, 0) is 41.5 Å². The average Bonchev–Trinajstić information content (AvgIpc) is 2.23. The Labute approximate surface area is 112 Å². The van der Waals surface area contributed by atoms with Crippen LogP contribution >= 0.6 is 0 Å². The second-order valence-electron chi connectivity index (χ2n) is 7.01. The second-order valence-corrected chi connectivity index (χ2v) is 7.01. The van der Waals surface area contributed by atoms with Gasteiger partial charge >= 0.3 is 0 Å². The summed E-state index contributed by atoms with van der Waals surface area (Å²) in [4.78, 5) is 4.72. The van der Waals surface area contributed by atoms with Crippen LogP contribution < -0.4 is 0 Å². The van der Waals surface area contributed by atoms with Crippen molar-refractivity contribution in [3.63, 3.8) is 0 Å². The Balaban J connectivity index is 2.17. The monoisotopic (exact) mass is 258 g/mol. The Kier molecular flexibility index (Phi) is 5.59. The Morgan fingerprint density at radius 2 is 0.944 bits per heavy atom. The topological polar surface area (TPSA) is 24.9 Å². The molecule has 0 amide bonds. The third kappa shape index (κ3) is 7.31. The fourth-order valence-electron chi connectivity index (χ4n) is 1.62. The van der Waals surface area contributed by atoms with Crippen molar-refractivity contribution in [1.29, 1.82) is 0 Å². The van der Waals surface area contributed by atoms with E-state index in [0.29, 0.717) is 0 Å². The number of hydrogen-bond donors (Lipinski definition) is 0. The summed E-state index contributed by atoms with van der Waals surface area (Å²) >= 11 is 0. The van der Waals surface area contributed by atoms with Gasteiger partial charge in [0.2, 0.25) is 0 Å². The zero-order valence-electron chi connectivity index (χ0n) is 13.0. The standard InChI is InChI=1S/C14H30N2O2/c1-13(2,3)17-11-15-7-9-16(10-8-15)12-18-14(4,5)6/h7-12H2,1-6H3. The predicted molar refractivity (Wildman–Crippen MR) is 74.6 cm³/mol. The first kappa shape index (κ1) is 15.9. The first-order valence-corrected chi connectivity index (χ1v) is 6.88. The summed E-state index contributed by atoms with van der Waals surface area (Å²) in [6.45, 7) is 18.3. The molecule has 0 aromatic heterocycles. The van der Waals surface area contributed by atoms with Gasteiger partial charge in [0.1, 0.15) is 0 Å². The molecule has 0 bridgehead atoms. The molecule has 0 spiro atoms. The molecule has 108 valence electrons. The van der Waals surface area contributed by atoms with Crippen molar-refractivity contribution in [1.82, 2.24) is 9.80 Å². The van der Waals surface area contributed by atoms with Crippen molar-refractivity contribution in [2.45, 2.75) is 52.7 Å². The van der Waals surface area contributed by atoms with Crippen molar-refractivity contribution >= 4 is 0 Å². The van der Waals surface area contributed by atoms with Gasteiger partial charge in [-0.2, -0.15) is 0 Å². The zero-order valence-corrected chi connectivity index (χ0v) is 13.0. The van der Waals surface area contributed by atoms with E-state index in [1.54, 1.807) is 0 Å². The van der Waals surface area contributed by atoms with Gasteiger partial charge < -0.3 is 9.47 Å². The van der Waals surface area contributed by atoms with E-state index in [4.69, 9.17) is 9.47 Å². The highest BCUT2D eigenvalue weighted by Gasteiger charge is 2.20. The summed E-state index contributed by atoms with van der Waals surface area (Å²) in [6.07, 6.45) is 0. The molecule has 0 radical (unpaired) electrons. The van der Waals surface area contributed by atoms with Crippen LogP contribution in [-0.4, -0.2) is 60.6 Å². The van der Waals surface area contributed by atoms with E-state index in [-0.39, 0.29) is 11.2 Å². The lowest BCUT2D eigenvalue weighted by Crippen LogP contribution is -2.49. The Morgan fingerprint density at radius 1 is 0.667 bits per heavy atom. The normalized spacial score (nSPS) is 20.3. The summed E-state index contributed by atoms with van der Waals surface area (Å²) in [6, 6.07) is 0. The Hall–Kier alpha value is -0.160. The van der Waals surface area contributed by atoms with Crippen molar-refractivity contribution in [3.8, 4) is 0 Å². The smallest absolute Gasteiger partial charge is 0.0998 e. The summed E-state index contributed by atoms with van der Waals surface area (Å²) in [5, 5.41) is 0. The molecule has 0 aromatic rings. The maximum atomic E-state index is 5.79. The van der Waals surface area contributed by atoms with E-state index in [9.17, 15) is 0 Å². The molecule has 4 nitrogen and oxygen atoms in total. The van der Waals surface area contributed by atoms with Crippen molar-refractivity contribution < 1.29 is 9.47 Å². The van der Waals surface area contributed by atoms with Gasteiger partial charge in [0, 0.05) is 26.2 Å². The van der Waals surface area contributed by atoms with Crippen molar-refractivity contribution in [2.24, 2.45) is 0 Å². The molecule has 1 aliphatic heterocycles. The van der Waals surface area contributed by atoms with E-state index in [1.807, 2.05) is 0 Å².